The molecule has 0 aromatic rings. The zero-order chi connectivity index (χ0) is 11.1. The summed E-state index contributed by atoms with van der Waals surface area (Å²) in [5, 5.41) is 10.0. The van der Waals surface area contributed by atoms with Gasteiger partial charge in [0.25, 0.3) is 0 Å². The average Bonchev–Trinajstić information content (AvgIpc) is 2.71. The molecule has 2 aliphatic rings. The van der Waals surface area contributed by atoms with E-state index in [0.717, 1.165) is 12.8 Å². The quantitative estimate of drug-likeness (QED) is 0.749. The van der Waals surface area contributed by atoms with Crippen molar-refractivity contribution < 1.29 is 18.3 Å². The van der Waals surface area contributed by atoms with E-state index in [1.165, 1.54) is 0 Å². The van der Waals surface area contributed by atoms with Gasteiger partial charge in [-0.1, -0.05) is 0 Å². The molecule has 0 radical (unpaired) electrons. The van der Waals surface area contributed by atoms with Crippen molar-refractivity contribution in [1.82, 2.24) is 0 Å². The minimum Gasteiger partial charge on any atom is -0.390 e. The topological polar surface area (TPSA) is 63.6 Å². The first-order valence-corrected chi connectivity index (χ1v) is 7.34. The number of sulfone groups is 1. The van der Waals surface area contributed by atoms with Gasteiger partial charge in [0.05, 0.1) is 29.8 Å². The summed E-state index contributed by atoms with van der Waals surface area (Å²) in [6.07, 6.45) is 1.82. The third-order valence-corrected chi connectivity index (χ3v) is 5.19. The lowest BCUT2D eigenvalue weighted by Crippen LogP contribution is -2.34. The predicted octanol–water partition coefficient (Wildman–Crippen LogP) is 0.350. The molecule has 1 N–H and O–H groups in total. The van der Waals surface area contributed by atoms with Gasteiger partial charge >= 0.3 is 0 Å². The average molecular weight is 234 g/mol. The highest BCUT2D eigenvalue weighted by Gasteiger charge is 2.39. The fourth-order valence-electron chi connectivity index (χ4n) is 2.48. The second-order valence-corrected chi connectivity index (χ2v) is 6.94. The van der Waals surface area contributed by atoms with Gasteiger partial charge in [-0.15, -0.1) is 0 Å². The van der Waals surface area contributed by atoms with E-state index in [1.807, 2.05) is 6.92 Å². The lowest BCUT2D eigenvalue weighted by atomic mass is 9.96. The first-order valence-electron chi connectivity index (χ1n) is 5.52. The molecular weight excluding hydrogens is 216 g/mol. The van der Waals surface area contributed by atoms with Gasteiger partial charge in [-0.2, -0.15) is 0 Å². The Kier molecular flexibility index (Phi) is 3.05. The molecule has 0 spiro atoms. The van der Waals surface area contributed by atoms with Gasteiger partial charge < -0.3 is 9.84 Å². The summed E-state index contributed by atoms with van der Waals surface area (Å²) in [6.45, 7) is 1.98. The molecule has 2 rings (SSSR count). The molecule has 2 saturated heterocycles. The largest absolute Gasteiger partial charge is 0.390 e. The van der Waals surface area contributed by atoms with Crippen molar-refractivity contribution in [3.63, 3.8) is 0 Å². The fourth-order valence-corrected chi connectivity index (χ4v) is 4.33. The SMILES string of the molecule is CC1CCC(C(O)C2CCS(=O)(=O)C2)O1. The van der Waals surface area contributed by atoms with Gasteiger partial charge in [-0.25, -0.2) is 8.42 Å². The Morgan fingerprint density at radius 2 is 2.07 bits per heavy atom. The van der Waals surface area contributed by atoms with Crippen LogP contribution >= 0.6 is 0 Å². The van der Waals surface area contributed by atoms with Gasteiger partial charge in [0, 0.05) is 5.92 Å². The van der Waals surface area contributed by atoms with Crippen molar-refractivity contribution in [2.75, 3.05) is 11.5 Å². The fraction of sp³-hybridized carbons (Fsp3) is 1.00. The molecule has 4 atom stereocenters. The van der Waals surface area contributed by atoms with E-state index in [2.05, 4.69) is 0 Å². The molecule has 0 saturated carbocycles. The summed E-state index contributed by atoms with van der Waals surface area (Å²) >= 11 is 0. The number of aliphatic hydroxyl groups excluding tert-OH is 1. The van der Waals surface area contributed by atoms with Crippen LogP contribution in [0.15, 0.2) is 0 Å². The van der Waals surface area contributed by atoms with Crippen molar-refractivity contribution in [3.8, 4) is 0 Å². The number of hydrogen-bond donors (Lipinski definition) is 1. The van der Waals surface area contributed by atoms with Crippen molar-refractivity contribution in [3.05, 3.63) is 0 Å². The zero-order valence-corrected chi connectivity index (χ0v) is 9.74. The van der Waals surface area contributed by atoms with Crippen molar-refractivity contribution in [1.29, 1.82) is 0 Å². The first kappa shape index (κ1) is 11.4. The molecule has 0 bridgehead atoms. The summed E-state index contributed by atoms with van der Waals surface area (Å²) < 4.78 is 28.1. The molecule has 15 heavy (non-hydrogen) atoms. The van der Waals surface area contributed by atoms with E-state index in [9.17, 15) is 13.5 Å². The van der Waals surface area contributed by atoms with E-state index in [4.69, 9.17) is 4.74 Å². The smallest absolute Gasteiger partial charge is 0.150 e. The third kappa shape index (κ3) is 2.52. The molecule has 0 aromatic heterocycles. The lowest BCUT2D eigenvalue weighted by molar-refractivity contribution is -0.0487. The highest BCUT2D eigenvalue weighted by Crippen LogP contribution is 2.30. The first-order chi connectivity index (χ1) is 6.98. The Morgan fingerprint density at radius 3 is 2.53 bits per heavy atom. The van der Waals surface area contributed by atoms with Crippen molar-refractivity contribution in [2.45, 2.75) is 44.5 Å². The highest BCUT2D eigenvalue weighted by atomic mass is 32.2. The maximum atomic E-state index is 11.3. The van der Waals surface area contributed by atoms with Crippen LogP contribution in [0.3, 0.4) is 0 Å². The maximum Gasteiger partial charge on any atom is 0.150 e. The molecule has 0 aliphatic carbocycles. The van der Waals surface area contributed by atoms with Crippen LogP contribution in [0.4, 0.5) is 0 Å². The van der Waals surface area contributed by atoms with E-state index >= 15 is 0 Å². The molecule has 4 unspecified atom stereocenters. The van der Waals surface area contributed by atoms with Crippen molar-refractivity contribution in [2.24, 2.45) is 5.92 Å². The monoisotopic (exact) mass is 234 g/mol. The summed E-state index contributed by atoms with van der Waals surface area (Å²) in [5.41, 5.74) is 0. The molecule has 2 fully saturated rings. The van der Waals surface area contributed by atoms with Crippen LogP contribution in [0.25, 0.3) is 0 Å². The Bertz CT molecular complexity index is 324. The number of aliphatic hydroxyl groups is 1. The predicted molar refractivity (Wildman–Crippen MR) is 56.3 cm³/mol. The Labute approximate surface area is 90.5 Å². The normalized spacial score (nSPS) is 41.9. The van der Waals surface area contributed by atoms with Crippen LogP contribution in [-0.2, 0) is 14.6 Å². The molecule has 2 heterocycles. The minimum atomic E-state index is -2.90. The molecule has 88 valence electrons. The molecule has 0 aromatic carbocycles. The molecule has 0 amide bonds. The molecule has 2 aliphatic heterocycles. The van der Waals surface area contributed by atoms with Crippen LogP contribution < -0.4 is 0 Å². The van der Waals surface area contributed by atoms with Gasteiger partial charge in [0.1, 0.15) is 0 Å². The zero-order valence-electron chi connectivity index (χ0n) is 8.93. The van der Waals surface area contributed by atoms with E-state index in [1.54, 1.807) is 0 Å². The van der Waals surface area contributed by atoms with Gasteiger partial charge in [-0.05, 0) is 26.2 Å². The summed E-state index contributed by atoms with van der Waals surface area (Å²) in [5.74, 6) is 0.227. The van der Waals surface area contributed by atoms with Gasteiger partial charge in [0.2, 0.25) is 0 Å². The van der Waals surface area contributed by atoms with E-state index in [0.29, 0.717) is 6.42 Å². The van der Waals surface area contributed by atoms with Crippen LogP contribution in [0.1, 0.15) is 26.2 Å². The molecular formula is C10H18O4S. The maximum absolute atomic E-state index is 11.3. The second-order valence-electron chi connectivity index (χ2n) is 4.72. The Balaban J connectivity index is 1.94. The van der Waals surface area contributed by atoms with E-state index in [-0.39, 0.29) is 29.6 Å². The summed E-state index contributed by atoms with van der Waals surface area (Å²) in [7, 11) is -2.90. The molecule has 5 heteroatoms. The third-order valence-electron chi connectivity index (χ3n) is 3.40. The number of ether oxygens (including phenoxy) is 1. The molecule has 4 nitrogen and oxygen atoms in total. The standard InChI is InChI=1S/C10H18O4S/c1-7-2-3-9(14-7)10(11)8-4-5-15(12,13)6-8/h7-11H,2-6H2,1H3. The summed E-state index contributed by atoms with van der Waals surface area (Å²) in [6, 6.07) is 0. The van der Waals surface area contributed by atoms with Crippen LogP contribution in [0, 0.1) is 5.92 Å². The van der Waals surface area contributed by atoms with Crippen molar-refractivity contribution >= 4 is 9.84 Å². The van der Waals surface area contributed by atoms with Crippen LogP contribution in [0.2, 0.25) is 0 Å². The highest BCUT2D eigenvalue weighted by molar-refractivity contribution is 7.91. The van der Waals surface area contributed by atoms with Crippen LogP contribution in [-0.4, -0.2) is 43.3 Å². The lowest BCUT2D eigenvalue weighted by Gasteiger charge is -2.22. The number of hydrogen-bond acceptors (Lipinski definition) is 4. The number of rotatable bonds is 2. The Morgan fingerprint density at radius 1 is 1.33 bits per heavy atom. The van der Waals surface area contributed by atoms with E-state index < -0.39 is 15.9 Å². The Hall–Kier alpha value is -0.130. The van der Waals surface area contributed by atoms with Gasteiger partial charge in [-0.3, -0.25) is 0 Å². The van der Waals surface area contributed by atoms with Gasteiger partial charge in [0.15, 0.2) is 9.84 Å². The minimum absolute atomic E-state index is 0.120. The van der Waals surface area contributed by atoms with Crippen LogP contribution in [0.5, 0.6) is 0 Å². The summed E-state index contributed by atoms with van der Waals surface area (Å²) in [4.78, 5) is 0. The second kappa shape index (κ2) is 4.03.